The fourth-order valence-corrected chi connectivity index (χ4v) is 3.74. The van der Waals surface area contributed by atoms with E-state index in [0.717, 1.165) is 44.1 Å². The minimum Gasteiger partial charge on any atom is -0.353 e. The number of benzene rings is 2. The molecule has 11 heteroatoms. The first-order valence-corrected chi connectivity index (χ1v) is 9.98. The van der Waals surface area contributed by atoms with E-state index >= 15 is 0 Å². The van der Waals surface area contributed by atoms with Gasteiger partial charge >= 0.3 is 0 Å². The van der Waals surface area contributed by atoms with Gasteiger partial charge in [0.1, 0.15) is 11.3 Å². The van der Waals surface area contributed by atoms with Crippen molar-refractivity contribution in [1.82, 2.24) is 14.9 Å². The van der Waals surface area contributed by atoms with Crippen LogP contribution in [0.15, 0.2) is 24.3 Å². The molecule has 1 aromatic heterocycles. The van der Waals surface area contributed by atoms with Crippen LogP contribution in [0, 0.1) is 22.9 Å². The smallest absolute Gasteiger partial charge is 0.201 e. The molecular weight excluding hydrogens is 433 g/mol. The number of aromatic amines is 1. The van der Waals surface area contributed by atoms with Gasteiger partial charge in [0.25, 0.3) is 0 Å². The van der Waals surface area contributed by atoms with Gasteiger partial charge in [0, 0.05) is 11.6 Å². The Morgan fingerprint density at radius 3 is 2.65 bits per heavy atom. The molecule has 0 atom stereocenters. The van der Waals surface area contributed by atoms with Crippen LogP contribution < -0.4 is 10.4 Å². The van der Waals surface area contributed by atoms with Crippen LogP contribution in [0.25, 0.3) is 11.0 Å². The topological polar surface area (TPSA) is 91.3 Å². The van der Waals surface area contributed by atoms with Crippen LogP contribution >= 0.6 is 11.6 Å². The van der Waals surface area contributed by atoms with Gasteiger partial charge in [-0.05, 0) is 57.2 Å². The van der Waals surface area contributed by atoms with Gasteiger partial charge in [-0.15, -0.1) is 0 Å². The lowest BCUT2D eigenvalue weighted by Crippen LogP contribution is -2.36. The van der Waals surface area contributed by atoms with Crippen molar-refractivity contribution in [2.45, 2.75) is 18.9 Å². The van der Waals surface area contributed by atoms with E-state index in [-0.39, 0.29) is 39.3 Å². The predicted octanol–water partition coefficient (Wildman–Crippen LogP) is 4.36. The van der Waals surface area contributed by atoms with Crippen molar-refractivity contribution < 1.29 is 18.4 Å². The second-order valence-corrected chi connectivity index (χ2v) is 7.92. The van der Waals surface area contributed by atoms with Crippen molar-refractivity contribution in [3.8, 4) is 0 Å². The minimum absolute atomic E-state index is 0.0153. The summed E-state index contributed by atoms with van der Waals surface area (Å²) in [5.74, 6) is -3.39. The number of hydrogen-bond donors (Lipinski definition) is 4. The number of halogens is 4. The van der Waals surface area contributed by atoms with Crippen molar-refractivity contribution in [3.05, 3.63) is 52.3 Å². The molecule has 2 heterocycles. The molecule has 0 radical (unpaired) electrons. The Morgan fingerprint density at radius 1 is 1.26 bits per heavy atom. The van der Waals surface area contributed by atoms with Crippen molar-refractivity contribution in [3.63, 3.8) is 0 Å². The fourth-order valence-electron chi connectivity index (χ4n) is 3.56. The highest BCUT2D eigenvalue weighted by atomic mass is 35.5. The van der Waals surface area contributed by atoms with Gasteiger partial charge in [-0.2, -0.15) is 0 Å². The van der Waals surface area contributed by atoms with Gasteiger partial charge < -0.3 is 15.2 Å². The van der Waals surface area contributed by atoms with E-state index in [1.165, 1.54) is 6.07 Å². The molecule has 0 spiro atoms. The zero-order chi connectivity index (χ0) is 22.3. The summed E-state index contributed by atoms with van der Waals surface area (Å²) in [6.07, 6.45) is 1.73. The molecule has 0 amide bonds. The number of imidazole rings is 1. The highest BCUT2D eigenvalue weighted by Crippen LogP contribution is 2.28. The molecule has 4 rings (SSSR count). The summed E-state index contributed by atoms with van der Waals surface area (Å²) in [6, 6.07) is 4.25. The molecule has 3 aromatic rings. The molecule has 1 saturated heterocycles. The first-order chi connectivity index (χ1) is 14.7. The Morgan fingerprint density at radius 2 is 1.97 bits per heavy atom. The average molecular weight is 453 g/mol. The number of hydrogen-bond acceptors (Lipinski definition) is 5. The van der Waals surface area contributed by atoms with Crippen LogP contribution in [0.5, 0.6) is 0 Å². The third kappa shape index (κ3) is 4.18. The first-order valence-electron chi connectivity index (χ1n) is 9.60. The van der Waals surface area contributed by atoms with Crippen molar-refractivity contribution >= 4 is 40.1 Å². The van der Waals surface area contributed by atoms with Gasteiger partial charge in [-0.1, -0.05) is 11.6 Å². The first kappa shape index (κ1) is 21.4. The zero-order valence-corrected chi connectivity index (χ0v) is 17.3. The van der Waals surface area contributed by atoms with E-state index in [4.69, 9.17) is 17.0 Å². The maximum absolute atomic E-state index is 14.4. The number of fused-ring (bicyclic) bond motifs is 1. The molecule has 1 aliphatic heterocycles. The quantitative estimate of drug-likeness (QED) is 0.268. The summed E-state index contributed by atoms with van der Waals surface area (Å²) in [7, 11) is 2.03. The Hall–Kier alpha value is -2.82. The largest absolute Gasteiger partial charge is 0.353 e. The lowest BCUT2D eigenvalue weighted by Gasteiger charge is -2.29. The zero-order valence-electron chi connectivity index (χ0n) is 16.5. The van der Waals surface area contributed by atoms with Crippen molar-refractivity contribution in [1.29, 1.82) is 5.41 Å². The van der Waals surface area contributed by atoms with Gasteiger partial charge in [0.05, 0.1) is 16.2 Å². The summed E-state index contributed by atoms with van der Waals surface area (Å²) in [5.41, 5.74) is -0.383. The van der Waals surface area contributed by atoms with E-state index < -0.39 is 23.3 Å². The highest BCUT2D eigenvalue weighted by molar-refractivity contribution is 6.31. The number of likely N-dealkylation sites (tertiary alicyclic amines) is 1. The maximum atomic E-state index is 14.4. The average Bonchev–Trinajstić information content (AvgIpc) is 3.17. The number of H-pyrrole nitrogens is 1. The van der Waals surface area contributed by atoms with E-state index in [1.807, 2.05) is 7.05 Å². The molecule has 1 aliphatic rings. The van der Waals surface area contributed by atoms with E-state index in [9.17, 15) is 18.4 Å². The van der Waals surface area contributed by atoms with E-state index in [1.54, 1.807) is 0 Å². The molecule has 0 saturated carbocycles. The normalized spacial score (nSPS) is 15.4. The number of nitrogens with one attached hydrogen (secondary N) is 3. The van der Waals surface area contributed by atoms with Crippen LogP contribution in [0.2, 0.25) is 5.02 Å². The van der Waals surface area contributed by atoms with Crippen molar-refractivity contribution in [2.24, 2.45) is 0 Å². The second kappa shape index (κ2) is 8.37. The van der Waals surface area contributed by atoms with E-state index in [0.29, 0.717) is 5.06 Å². The van der Waals surface area contributed by atoms with Crippen molar-refractivity contribution in [2.75, 3.05) is 30.5 Å². The summed E-state index contributed by atoms with van der Waals surface area (Å²) in [5, 5.41) is 22.1. The summed E-state index contributed by atoms with van der Waals surface area (Å²) in [4.78, 5) is 9.21. The molecule has 0 aliphatic carbocycles. The lowest BCUT2D eigenvalue weighted by molar-refractivity contribution is 0.263. The van der Waals surface area contributed by atoms with Crippen LogP contribution in [0.4, 0.5) is 24.8 Å². The Balaban J connectivity index is 1.68. The molecule has 31 heavy (non-hydrogen) atoms. The standard InChI is InChI=1S/C20H20ClF3N6O/c1-29-6-4-10(5-7-29)26-20-27-17-12(9-15(23)16(24)18(17)28-20)19(25)30(31)11-2-3-14(22)13(21)8-11/h2-3,8-10,25,31H,4-7H2,1H3,(H2,26,27,28). The molecule has 0 bridgehead atoms. The molecule has 2 aromatic carbocycles. The number of piperidine rings is 1. The molecule has 164 valence electrons. The molecule has 1 fully saturated rings. The summed E-state index contributed by atoms with van der Waals surface area (Å²) >= 11 is 5.73. The lowest BCUT2D eigenvalue weighted by atomic mass is 10.1. The van der Waals surface area contributed by atoms with E-state index in [2.05, 4.69) is 20.2 Å². The van der Waals surface area contributed by atoms with Gasteiger partial charge in [0.2, 0.25) is 5.95 Å². The number of anilines is 2. The predicted molar refractivity (Wildman–Crippen MR) is 113 cm³/mol. The second-order valence-electron chi connectivity index (χ2n) is 7.51. The molecule has 7 nitrogen and oxygen atoms in total. The van der Waals surface area contributed by atoms with Gasteiger partial charge in [0.15, 0.2) is 17.5 Å². The third-order valence-electron chi connectivity index (χ3n) is 5.34. The monoisotopic (exact) mass is 452 g/mol. The van der Waals surface area contributed by atoms with Gasteiger partial charge in [-0.3, -0.25) is 10.6 Å². The minimum atomic E-state index is -1.21. The molecule has 0 unspecified atom stereocenters. The SMILES string of the molecule is CN1CCC(Nc2nc3c(F)c(F)cc(C(=N)N(O)c4ccc(F)c(Cl)c4)c3[nH]2)CC1. The highest BCUT2D eigenvalue weighted by Gasteiger charge is 2.24. The molecule has 4 N–H and O–H groups in total. The van der Waals surface area contributed by atoms with Crippen LogP contribution in [-0.4, -0.2) is 52.1 Å². The van der Waals surface area contributed by atoms with Crippen LogP contribution in [-0.2, 0) is 0 Å². The summed E-state index contributed by atoms with van der Waals surface area (Å²) in [6.45, 7) is 1.80. The Kier molecular flexibility index (Phi) is 5.78. The Bertz CT molecular complexity index is 1150. The number of hydroxylamine groups is 1. The fraction of sp³-hybridized carbons (Fsp3) is 0.300. The number of nitrogens with zero attached hydrogens (tertiary/aromatic N) is 3. The van der Waals surface area contributed by atoms with Crippen LogP contribution in [0.1, 0.15) is 18.4 Å². The third-order valence-corrected chi connectivity index (χ3v) is 5.63. The maximum Gasteiger partial charge on any atom is 0.201 e. The Labute approximate surface area is 180 Å². The number of amidine groups is 1. The van der Waals surface area contributed by atoms with Gasteiger partial charge in [-0.25, -0.2) is 23.2 Å². The molecular formula is C20H20ClF3N6O. The number of rotatable bonds is 4. The van der Waals surface area contributed by atoms with Crippen LogP contribution in [0.3, 0.4) is 0 Å². The summed E-state index contributed by atoms with van der Waals surface area (Å²) < 4.78 is 42.1. The number of aromatic nitrogens is 2.